The summed E-state index contributed by atoms with van der Waals surface area (Å²) in [6, 6.07) is 5.54. The minimum Gasteiger partial charge on any atom is -0.322 e. The van der Waals surface area contributed by atoms with Gasteiger partial charge < -0.3 is 10.2 Å². The van der Waals surface area contributed by atoms with Crippen LogP contribution >= 0.6 is 0 Å². The van der Waals surface area contributed by atoms with Crippen LogP contribution in [0.25, 0.3) is 0 Å². The molecule has 120 valence electrons. The predicted molar refractivity (Wildman–Crippen MR) is 80.5 cm³/mol. The number of anilines is 1. The average molecular weight is 327 g/mol. The number of carbonyl (C=O) groups is 1. The Morgan fingerprint density at radius 2 is 1.77 bits per heavy atom. The van der Waals surface area contributed by atoms with Crippen LogP contribution in [-0.2, 0) is 10.0 Å². The van der Waals surface area contributed by atoms with Crippen molar-refractivity contribution >= 4 is 21.7 Å². The third-order valence-electron chi connectivity index (χ3n) is 3.95. The zero-order valence-electron chi connectivity index (χ0n) is 12.0. The van der Waals surface area contributed by atoms with Gasteiger partial charge in [-0.15, -0.1) is 0 Å². The summed E-state index contributed by atoms with van der Waals surface area (Å²) in [6.07, 6.45) is 1.46. The summed E-state index contributed by atoms with van der Waals surface area (Å²) in [6.45, 7) is 1.21. The smallest absolute Gasteiger partial charge is 0.322 e. The van der Waals surface area contributed by atoms with E-state index in [1.807, 2.05) is 0 Å². The van der Waals surface area contributed by atoms with E-state index in [0.717, 1.165) is 12.8 Å². The fourth-order valence-electron chi connectivity index (χ4n) is 2.48. The van der Waals surface area contributed by atoms with E-state index in [1.165, 1.54) is 21.3 Å². The van der Waals surface area contributed by atoms with Crippen LogP contribution in [-0.4, -0.2) is 55.1 Å². The van der Waals surface area contributed by atoms with Crippen LogP contribution in [0.4, 0.5) is 14.9 Å². The Morgan fingerprint density at radius 3 is 2.36 bits per heavy atom. The normalized spacial score (nSPS) is 20.0. The average Bonchev–Trinajstić information content (AvgIpc) is 3.35. The molecule has 2 aliphatic rings. The largest absolute Gasteiger partial charge is 0.322 e. The van der Waals surface area contributed by atoms with Gasteiger partial charge in [-0.2, -0.15) is 4.31 Å². The number of piperazine rings is 1. The highest BCUT2D eigenvalue weighted by Gasteiger charge is 2.41. The molecule has 1 heterocycles. The van der Waals surface area contributed by atoms with Crippen molar-refractivity contribution in [2.75, 3.05) is 31.5 Å². The van der Waals surface area contributed by atoms with E-state index in [4.69, 9.17) is 0 Å². The highest BCUT2D eigenvalue weighted by Crippen LogP contribution is 2.31. The Hall–Kier alpha value is -1.67. The van der Waals surface area contributed by atoms with Gasteiger partial charge in [0, 0.05) is 26.2 Å². The first-order valence-electron chi connectivity index (χ1n) is 7.28. The topological polar surface area (TPSA) is 69.7 Å². The number of urea groups is 1. The number of halogens is 1. The quantitative estimate of drug-likeness (QED) is 0.914. The molecule has 1 saturated carbocycles. The third-order valence-corrected chi connectivity index (χ3v) is 6.35. The van der Waals surface area contributed by atoms with Gasteiger partial charge in [0.2, 0.25) is 10.0 Å². The van der Waals surface area contributed by atoms with Crippen LogP contribution in [0, 0.1) is 5.82 Å². The molecule has 1 aliphatic heterocycles. The molecular weight excluding hydrogens is 309 g/mol. The van der Waals surface area contributed by atoms with Gasteiger partial charge in [-0.05, 0) is 25.0 Å². The number of sulfonamides is 1. The first-order valence-corrected chi connectivity index (χ1v) is 8.78. The maximum Gasteiger partial charge on any atom is 0.322 e. The monoisotopic (exact) mass is 327 g/mol. The summed E-state index contributed by atoms with van der Waals surface area (Å²) in [5, 5.41) is 2.28. The van der Waals surface area contributed by atoms with Gasteiger partial charge in [-0.25, -0.2) is 17.6 Å². The number of nitrogens with one attached hydrogen (secondary N) is 1. The summed E-state index contributed by atoms with van der Waals surface area (Å²) in [7, 11) is -3.19. The Kier molecular flexibility index (Phi) is 4.05. The summed E-state index contributed by atoms with van der Waals surface area (Å²) in [5.41, 5.74) is 0.125. The van der Waals surface area contributed by atoms with E-state index in [2.05, 4.69) is 5.32 Å². The van der Waals surface area contributed by atoms with Crippen LogP contribution in [0.3, 0.4) is 0 Å². The lowest BCUT2D eigenvalue weighted by Crippen LogP contribution is -2.52. The first kappa shape index (κ1) is 15.2. The summed E-state index contributed by atoms with van der Waals surface area (Å²) < 4.78 is 39.2. The lowest BCUT2D eigenvalue weighted by molar-refractivity contribution is 0.184. The lowest BCUT2D eigenvalue weighted by Gasteiger charge is -2.34. The second kappa shape index (κ2) is 5.85. The molecule has 0 radical (unpaired) electrons. The number of hydrogen-bond donors (Lipinski definition) is 1. The molecule has 2 amide bonds. The number of para-hydroxylation sites is 1. The molecule has 22 heavy (non-hydrogen) atoms. The van der Waals surface area contributed by atoms with Crippen molar-refractivity contribution in [3.8, 4) is 0 Å². The fraction of sp³-hybridized carbons (Fsp3) is 0.500. The number of amides is 2. The Morgan fingerprint density at radius 1 is 1.14 bits per heavy atom. The third kappa shape index (κ3) is 3.07. The van der Waals surface area contributed by atoms with Crippen molar-refractivity contribution < 1.29 is 17.6 Å². The molecule has 3 rings (SSSR count). The van der Waals surface area contributed by atoms with E-state index in [9.17, 15) is 17.6 Å². The van der Waals surface area contributed by atoms with Crippen molar-refractivity contribution in [1.29, 1.82) is 0 Å². The second-order valence-corrected chi connectivity index (χ2v) is 7.75. The molecule has 1 aliphatic carbocycles. The van der Waals surface area contributed by atoms with Crippen molar-refractivity contribution in [2.45, 2.75) is 18.1 Å². The van der Waals surface area contributed by atoms with Crippen molar-refractivity contribution in [3.63, 3.8) is 0 Å². The molecule has 0 spiro atoms. The van der Waals surface area contributed by atoms with Gasteiger partial charge in [-0.1, -0.05) is 12.1 Å². The maximum atomic E-state index is 13.5. The van der Waals surface area contributed by atoms with Gasteiger partial charge >= 0.3 is 6.03 Å². The van der Waals surface area contributed by atoms with E-state index < -0.39 is 21.9 Å². The SMILES string of the molecule is O=C(Nc1ccccc1F)N1CCN(S(=O)(=O)C2CC2)CC1. The highest BCUT2D eigenvalue weighted by atomic mass is 32.2. The van der Waals surface area contributed by atoms with E-state index in [1.54, 1.807) is 12.1 Å². The summed E-state index contributed by atoms with van der Waals surface area (Å²) in [5.74, 6) is -0.495. The summed E-state index contributed by atoms with van der Waals surface area (Å²) >= 11 is 0. The number of rotatable bonds is 3. The van der Waals surface area contributed by atoms with Crippen molar-refractivity contribution in [1.82, 2.24) is 9.21 Å². The molecule has 8 heteroatoms. The molecule has 0 unspecified atom stereocenters. The number of hydrogen-bond acceptors (Lipinski definition) is 3. The zero-order chi connectivity index (χ0) is 15.7. The minimum atomic E-state index is -3.19. The van der Waals surface area contributed by atoms with Crippen molar-refractivity contribution in [3.05, 3.63) is 30.1 Å². The number of carbonyl (C=O) groups excluding carboxylic acids is 1. The predicted octanol–water partition coefficient (Wildman–Crippen LogP) is 1.47. The molecule has 0 aromatic heterocycles. The lowest BCUT2D eigenvalue weighted by atomic mass is 10.3. The van der Waals surface area contributed by atoms with Gasteiger partial charge in [0.05, 0.1) is 10.9 Å². The van der Waals surface area contributed by atoms with Gasteiger partial charge in [-0.3, -0.25) is 0 Å². The highest BCUT2D eigenvalue weighted by molar-refractivity contribution is 7.90. The van der Waals surface area contributed by atoms with Gasteiger partial charge in [0.25, 0.3) is 0 Å². The Bertz CT molecular complexity index is 668. The van der Waals surface area contributed by atoms with Crippen LogP contribution in [0.2, 0.25) is 0 Å². The Balaban J connectivity index is 1.57. The molecular formula is C14H18FN3O3S. The number of nitrogens with zero attached hydrogens (tertiary/aromatic N) is 2. The maximum absolute atomic E-state index is 13.5. The molecule has 0 bridgehead atoms. The van der Waals surface area contributed by atoms with Gasteiger partial charge in [0.15, 0.2) is 0 Å². The zero-order valence-corrected chi connectivity index (χ0v) is 12.9. The first-order chi connectivity index (χ1) is 10.5. The van der Waals surface area contributed by atoms with Crippen LogP contribution in [0.5, 0.6) is 0 Å². The summed E-state index contributed by atoms with van der Waals surface area (Å²) in [4.78, 5) is 13.6. The molecule has 1 N–H and O–H groups in total. The van der Waals surface area contributed by atoms with Gasteiger partial charge in [0.1, 0.15) is 5.82 Å². The minimum absolute atomic E-state index is 0.125. The van der Waals surface area contributed by atoms with E-state index in [0.29, 0.717) is 26.2 Å². The van der Waals surface area contributed by atoms with Crippen LogP contribution in [0.15, 0.2) is 24.3 Å². The molecule has 1 saturated heterocycles. The Labute approximate surface area is 128 Å². The van der Waals surface area contributed by atoms with E-state index in [-0.39, 0.29) is 10.9 Å². The molecule has 2 fully saturated rings. The standard InChI is InChI=1S/C14H18FN3O3S/c15-12-3-1-2-4-13(12)16-14(19)17-7-9-18(10-8-17)22(20,21)11-5-6-11/h1-4,11H,5-10H2,(H,16,19). The molecule has 1 aromatic carbocycles. The fourth-order valence-corrected chi connectivity index (χ4v) is 4.30. The van der Waals surface area contributed by atoms with Crippen molar-refractivity contribution in [2.24, 2.45) is 0 Å². The second-order valence-electron chi connectivity index (χ2n) is 5.54. The molecule has 0 atom stereocenters. The molecule has 1 aromatic rings. The van der Waals surface area contributed by atoms with E-state index >= 15 is 0 Å². The van der Waals surface area contributed by atoms with Crippen LogP contribution in [0.1, 0.15) is 12.8 Å². The number of benzene rings is 1. The van der Waals surface area contributed by atoms with Crippen LogP contribution < -0.4 is 5.32 Å². The molecule has 6 nitrogen and oxygen atoms in total.